The Bertz CT molecular complexity index is 140. The maximum absolute atomic E-state index is 4.41. The van der Waals surface area contributed by atoms with E-state index in [1.807, 2.05) is 11.8 Å². The number of hydrogen-bond donors (Lipinski definition) is 0. The molecule has 0 amide bonds. The quantitative estimate of drug-likeness (QED) is 0.633. The molecule has 2 heteroatoms. The van der Waals surface area contributed by atoms with Gasteiger partial charge in [-0.15, -0.1) is 11.8 Å². The van der Waals surface area contributed by atoms with E-state index in [0.29, 0.717) is 0 Å². The number of aliphatic imine (C=N–C) groups is 1. The molecule has 0 saturated heterocycles. The Morgan fingerprint density at radius 3 is 2.91 bits per heavy atom. The molecular formula is C9H17NS. The maximum Gasteiger partial charge on any atom is 0.0676 e. The van der Waals surface area contributed by atoms with Gasteiger partial charge in [-0.1, -0.05) is 20.3 Å². The number of nitrogens with zero attached hydrogens (tertiary/aromatic N) is 1. The van der Waals surface area contributed by atoms with E-state index in [0.717, 1.165) is 12.5 Å². The third-order valence-corrected chi connectivity index (χ3v) is 2.87. The molecule has 11 heavy (non-hydrogen) atoms. The van der Waals surface area contributed by atoms with Gasteiger partial charge in [0.1, 0.15) is 0 Å². The van der Waals surface area contributed by atoms with Gasteiger partial charge in [0, 0.05) is 12.3 Å². The zero-order chi connectivity index (χ0) is 8.10. The van der Waals surface area contributed by atoms with E-state index >= 15 is 0 Å². The summed E-state index contributed by atoms with van der Waals surface area (Å²) in [6.45, 7) is 5.62. The second kappa shape index (κ2) is 4.81. The molecule has 0 aliphatic carbocycles. The van der Waals surface area contributed by atoms with Crippen molar-refractivity contribution >= 4 is 16.8 Å². The van der Waals surface area contributed by atoms with Gasteiger partial charge >= 0.3 is 0 Å². The van der Waals surface area contributed by atoms with Crippen LogP contribution < -0.4 is 0 Å². The molecular weight excluding hydrogens is 154 g/mol. The molecule has 0 N–H and O–H groups in total. The largest absolute Gasteiger partial charge is 0.282 e. The third kappa shape index (κ3) is 3.80. The summed E-state index contributed by atoms with van der Waals surface area (Å²) in [4.78, 5) is 4.41. The van der Waals surface area contributed by atoms with Crippen LogP contribution in [0.3, 0.4) is 0 Å². The van der Waals surface area contributed by atoms with Gasteiger partial charge < -0.3 is 0 Å². The van der Waals surface area contributed by atoms with Crippen LogP contribution in [0.4, 0.5) is 0 Å². The van der Waals surface area contributed by atoms with Crippen LogP contribution in [0.5, 0.6) is 0 Å². The molecule has 1 aliphatic heterocycles. The highest BCUT2D eigenvalue weighted by Gasteiger charge is 2.06. The fourth-order valence-electron chi connectivity index (χ4n) is 1.19. The average molecular weight is 171 g/mol. The van der Waals surface area contributed by atoms with Gasteiger partial charge in [0.25, 0.3) is 0 Å². The van der Waals surface area contributed by atoms with Gasteiger partial charge in [-0.3, -0.25) is 4.99 Å². The van der Waals surface area contributed by atoms with Crippen LogP contribution in [0, 0.1) is 5.92 Å². The summed E-state index contributed by atoms with van der Waals surface area (Å²) in [5, 5.41) is 1.39. The van der Waals surface area contributed by atoms with Gasteiger partial charge in [0.05, 0.1) is 5.04 Å². The average Bonchev–Trinajstić information content (AvgIpc) is 2.39. The lowest BCUT2D eigenvalue weighted by atomic mass is 10.1. The molecule has 64 valence electrons. The van der Waals surface area contributed by atoms with Crippen LogP contribution in [0.2, 0.25) is 0 Å². The van der Waals surface area contributed by atoms with Crippen molar-refractivity contribution in [2.45, 2.75) is 33.1 Å². The van der Waals surface area contributed by atoms with Gasteiger partial charge in [0.15, 0.2) is 0 Å². The Hall–Kier alpha value is 0.0200. The lowest BCUT2D eigenvalue weighted by Gasteiger charge is -2.02. The first kappa shape index (κ1) is 9.11. The van der Waals surface area contributed by atoms with Crippen molar-refractivity contribution in [2.75, 3.05) is 12.3 Å². The summed E-state index contributed by atoms with van der Waals surface area (Å²) < 4.78 is 0. The standard InChI is InChI=1S/C9H17NS/c1-8(2)4-3-5-9-10-6-7-11-9/h8H,3-7H2,1-2H3. The molecule has 0 unspecified atom stereocenters. The molecule has 0 saturated carbocycles. The van der Waals surface area contributed by atoms with Crippen molar-refractivity contribution in [1.29, 1.82) is 0 Å². The molecule has 0 aromatic heterocycles. The number of rotatable bonds is 4. The summed E-state index contributed by atoms with van der Waals surface area (Å²) >= 11 is 1.94. The molecule has 1 rings (SSSR count). The summed E-state index contributed by atoms with van der Waals surface area (Å²) in [5.74, 6) is 2.07. The predicted octanol–water partition coefficient (Wildman–Crippen LogP) is 2.96. The number of hydrogen-bond acceptors (Lipinski definition) is 2. The van der Waals surface area contributed by atoms with Crippen molar-refractivity contribution in [3.05, 3.63) is 0 Å². The summed E-state index contributed by atoms with van der Waals surface area (Å²) in [5.41, 5.74) is 0. The lowest BCUT2D eigenvalue weighted by molar-refractivity contribution is 0.566. The third-order valence-electron chi connectivity index (χ3n) is 1.82. The van der Waals surface area contributed by atoms with Crippen LogP contribution in [0.25, 0.3) is 0 Å². The molecule has 0 fully saturated rings. The second-order valence-corrected chi connectivity index (χ2v) is 4.58. The molecule has 1 heterocycles. The molecule has 0 aromatic rings. The second-order valence-electron chi connectivity index (χ2n) is 3.41. The first-order valence-corrected chi connectivity index (χ1v) is 5.43. The monoisotopic (exact) mass is 171 g/mol. The molecule has 0 bridgehead atoms. The van der Waals surface area contributed by atoms with Crippen molar-refractivity contribution in [1.82, 2.24) is 0 Å². The SMILES string of the molecule is CC(C)CCCC1=NCCS1. The molecule has 0 spiro atoms. The van der Waals surface area contributed by atoms with E-state index in [2.05, 4.69) is 18.8 Å². The first-order chi connectivity index (χ1) is 5.29. The normalized spacial score (nSPS) is 17.5. The fourth-order valence-corrected chi connectivity index (χ4v) is 2.08. The predicted molar refractivity (Wildman–Crippen MR) is 53.4 cm³/mol. The molecule has 0 radical (unpaired) electrons. The van der Waals surface area contributed by atoms with E-state index < -0.39 is 0 Å². The molecule has 0 atom stereocenters. The Morgan fingerprint density at radius 2 is 2.36 bits per heavy atom. The van der Waals surface area contributed by atoms with Gasteiger partial charge in [0.2, 0.25) is 0 Å². The summed E-state index contributed by atoms with van der Waals surface area (Å²) in [6, 6.07) is 0. The molecule has 0 aromatic carbocycles. The number of thioether (sulfide) groups is 1. The van der Waals surface area contributed by atoms with Crippen molar-refractivity contribution in [2.24, 2.45) is 10.9 Å². The van der Waals surface area contributed by atoms with E-state index in [-0.39, 0.29) is 0 Å². The Morgan fingerprint density at radius 1 is 1.55 bits per heavy atom. The van der Waals surface area contributed by atoms with E-state index in [9.17, 15) is 0 Å². The van der Waals surface area contributed by atoms with E-state index in [1.165, 1.54) is 30.1 Å². The van der Waals surface area contributed by atoms with Crippen molar-refractivity contribution in [3.63, 3.8) is 0 Å². The topological polar surface area (TPSA) is 12.4 Å². The highest BCUT2D eigenvalue weighted by molar-refractivity contribution is 8.14. The Kier molecular flexibility index (Phi) is 3.98. The zero-order valence-corrected chi connectivity index (χ0v) is 8.28. The summed E-state index contributed by atoms with van der Waals surface area (Å²) in [7, 11) is 0. The van der Waals surface area contributed by atoms with Gasteiger partial charge in [-0.2, -0.15) is 0 Å². The first-order valence-electron chi connectivity index (χ1n) is 4.45. The van der Waals surface area contributed by atoms with Gasteiger partial charge in [-0.25, -0.2) is 0 Å². The smallest absolute Gasteiger partial charge is 0.0676 e. The summed E-state index contributed by atoms with van der Waals surface area (Å²) in [6.07, 6.45) is 3.89. The highest BCUT2D eigenvalue weighted by atomic mass is 32.2. The van der Waals surface area contributed by atoms with E-state index in [4.69, 9.17) is 0 Å². The van der Waals surface area contributed by atoms with Crippen LogP contribution in [0.1, 0.15) is 33.1 Å². The van der Waals surface area contributed by atoms with E-state index in [1.54, 1.807) is 0 Å². The Balaban J connectivity index is 2.03. The zero-order valence-electron chi connectivity index (χ0n) is 7.47. The van der Waals surface area contributed by atoms with Crippen LogP contribution in [-0.4, -0.2) is 17.3 Å². The highest BCUT2D eigenvalue weighted by Crippen LogP contribution is 2.17. The van der Waals surface area contributed by atoms with Crippen LogP contribution >= 0.6 is 11.8 Å². The van der Waals surface area contributed by atoms with Gasteiger partial charge in [-0.05, 0) is 18.8 Å². The van der Waals surface area contributed by atoms with Crippen molar-refractivity contribution in [3.8, 4) is 0 Å². The lowest BCUT2D eigenvalue weighted by Crippen LogP contribution is -1.92. The molecule has 1 nitrogen and oxygen atoms in total. The maximum atomic E-state index is 4.41. The van der Waals surface area contributed by atoms with Crippen LogP contribution in [-0.2, 0) is 0 Å². The molecule has 1 aliphatic rings. The van der Waals surface area contributed by atoms with Crippen LogP contribution in [0.15, 0.2) is 4.99 Å². The Labute approximate surface area is 73.7 Å². The minimum Gasteiger partial charge on any atom is -0.282 e. The minimum absolute atomic E-state index is 0.849. The fraction of sp³-hybridized carbons (Fsp3) is 0.889. The minimum atomic E-state index is 0.849. The van der Waals surface area contributed by atoms with Crippen molar-refractivity contribution < 1.29 is 0 Å².